The number of rotatable bonds is 12. The molecule has 0 unspecified atom stereocenters. The van der Waals surface area contributed by atoms with Crippen molar-refractivity contribution in [2.75, 3.05) is 44.1 Å². The zero-order valence-corrected chi connectivity index (χ0v) is 29.4. The smallest absolute Gasteiger partial charge is 0.435 e. The average Bonchev–Trinajstić information content (AvgIpc) is 3.63. The van der Waals surface area contributed by atoms with Crippen molar-refractivity contribution in [3.8, 4) is 17.4 Å². The summed E-state index contributed by atoms with van der Waals surface area (Å²) in [7, 11) is -3.81. The van der Waals surface area contributed by atoms with Crippen LogP contribution >= 0.6 is 12.4 Å². The third-order valence-electron chi connectivity index (χ3n) is 8.84. The van der Waals surface area contributed by atoms with Gasteiger partial charge in [-0.2, -0.15) is 13.2 Å². The fraction of sp³-hybridized carbons (Fsp3) is 0.361. The number of ether oxygens (including phenoxy) is 2. The van der Waals surface area contributed by atoms with Gasteiger partial charge in [-0.05, 0) is 92.2 Å². The lowest BCUT2D eigenvalue weighted by atomic mass is 9.89. The number of nitrogens with zero attached hydrogens (tertiary/aromatic N) is 4. The molecule has 0 spiro atoms. The van der Waals surface area contributed by atoms with Crippen LogP contribution in [0, 0.1) is 0 Å². The summed E-state index contributed by atoms with van der Waals surface area (Å²) >= 11 is 0. The van der Waals surface area contributed by atoms with Crippen molar-refractivity contribution in [1.29, 1.82) is 0 Å². The molecular weight excluding hydrogens is 707 g/mol. The number of benzene rings is 3. The molecule has 15 heteroatoms. The molecule has 10 nitrogen and oxygen atoms in total. The van der Waals surface area contributed by atoms with E-state index < -0.39 is 21.9 Å². The number of amides is 1. The maximum atomic E-state index is 13.7. The molecule has 0 saturated carbocycles. The predicted molar refractivity (Wildman–Crippen MR) is 189 cm³/mol. The molecule has 0 aliphatic carbocycles. The highest BCUT2D eigenvalue weighted by Crippen LogP contribution is 2.33. The van der Waals surface area contributed by atoms with Crippen molar-refractivity contribution in [3.63, 3.8) is 0 Å². The van der Waals surface area contributed by atoms with E-state index in [9.17, 15) is 26.4 Å². The SMILES string of the molecule is Cl.O=C(c1ccc(OCCN2CCCC2)c(NS(=O)(=O)Cc2ccccc2)c1)N1CCC(c2ccc(Oc3ccc(C(F)(F)F)nn3)cc2)CC1. The van der Waals surface area contributed by atoms with E-state index >= 15 is 0 Å². The highest BCUT2D eigenvalue weighted by atomic mass is 35.5. The third kappa shape index (κ3) is 10.3. The summed E-state index contributed by atoms with van der Waals surface area (Å²) in [6.07, 6.45) is -0.838. The molecule has 272 valence electrons. The van der Waals surface area contributed by atoms with E-state index in [1.54, 1.807) is 59.5 Å². The minimum atomic E-state index is -4.58. The summed E-state index contributed by atoms with van der Waals surface area (Å²) in [5.41, 5.74) is 1.19. The Kier molecular flexibility index (Phi) is 12.4. The first-order valence-electron chi connectivity index (χ1n) is 16.5. The number of piperidine rings is 1. The normalized spacial score (nSPS) is 15.6. The van der Waals surface area contributed by atoms with Gasteiger partial charge in [0.05, 0.1) is 11.4 Å². The lowest BCUT2D eigenvalue weighted by Crippen LogP contribution is -2.38. The lowest BCUT2D eigenvalue weighted by Gasteiger charge is -2.32. The number of halogens is 4. The van der Waals surface area contributed by atoms with Crippen LogP contribution in [0.15, 0.2) is 84.9 Å². The molecule has 2 aliphatic heterocycles. The van der Waals surface area contributed by atoms with Crippen molar-refractivity contribution in [2.45, 2.75) is 43.5 Å². The van der Waals surface area contributed by atoms with Gasteiger partial charge in [0.2, 0.25) is 15.9 Å². The van der Waals surface area contributed by atoms with Crippen LogP contribution in [0.5, 0.6) is 17.4 Å². The first kappa shape index (κ1) is 37.8. The predicted octanol–water partition coefficient (Wildman–Crippen LogP) is 7.15. The van der Waals surface area contributed by atoms with Gasteiger partial charge >= 0.3 is 6.18 Å². The molecule has 3 aromatic carbocycles. The Bertz CT molecular complexity index is 1850. The van der Waals surface area contributed by atoms with E-state index in [0.717, 1.165) is 50.2 Å². The Hall–Kier alpha value is -4.40. The number of alkyl halides is 3. The summed E-state index contributed by atoms with van der Waals surface area (Å²) in [6, 6.07) is 22.9. The van der Waals surface area contributed by atoms with E-state index in [4.69, 9.17) is 9.47 Å². The molecule has 3 heterocycles. The summed E-state index contributed by atoms with van der Waals surface area (Å²) in [5, 5.41) is 6.68. The Labute approximate surface area is 301 Å². The van der Waals surface area contributed by atoms with E-state index in [0.29, 0.717) is 55.2 Å². The van der Waals surface area contributed by atoms with Crippen molar-refractivity contribution < 1.29 is 35.9 Å². The Morgan fingerprint density at radius 3 is 2.24 bits per heavy atom. The molecule has 1 aromatic heterocycles. The molecule has 2 aliphatic rings. The van der Waals surface area contributed by atoms with Crippen molar-refractivity contribution >= 4 is 34.0 Å². The zero-order valence-electron chi connectivity index (χ0n) is 27.7. The number of hydrogen-bond donors (Lipinski definition) is 1. The number of carbonyl (C=O) groups is 1. The van der Waals surface area contributed by atoms with Crippen LogP contribution in [-0.4, -0.2) is 73.7 Å². The molecule has 0 bridgehead atoms. The molecule has 51 heavy (non-hydrogen) atoms. The van der Waals surface area contributed by atoms with Crippen molar-refractivity contribution in [3.05, 3.63) is 107 Å². The molecule has 1 N–H and O–H groups in total. The number of anilines is 1. The monoisotopic (exact) mass is 745 g/mol. The minimum absolute atomic E-state index is 0. The first-order chi connectivity index (χ1) is 24.0. The van der Waals surface area contributed by atoms with Gasteiger partial charge in [0.15, 0.2) is 5.69 Å². The van der Waals surface area contributed by atoms with Crippen LogP contribution in [0.2, 0.25) is 0 Å². The van der Waals surface area contributed by atoms with Crippen molar-refractivity contribution in [1.82, 2.24) is 20.0 Å². The largest absolute Gasteiger partial charge is 0.490 e. The van der Waals surface area contributed by atoms with Gasteiger partial charge in [-0.3, -0.25) is 14.4 Å². The topological polar surface area (TPSA) is 114 Å². The molecule has 0 radical (unpaired) electrons. The number of sulfonamides is 1. The van der Waals surface area contributed by atoms with Gasteiger partial charge < -0.3 is 14.4 Å². The molecular formula is C36H39ClF3N5O5S. The Balaban J connectivity index is 0.00000504. The number of likely N-dealkylation sites (tertiary alicyclic amines) is 2. The summed E-state index contributed by atoms with van der Waals surface area (Å²) in [5.74, 6) is 0.500. The maximum Gasteiger partial charge on any atom is 0.435 e. The summed E-state index contributed by atoms with van der Waals surface area (Å²) < 4.78 is 78.9. The van der Waals surface area contributed by atoms with E-state index in [1.165, 1.54) is 0 Å². The van der Waals surface area contributed by atoms with Gasteiger partial charge in [-0.15, -0.1) is 22.6 Å². The number of nitrogens with one attached hydrogen (secondary N) is 1. The second-order valence-electron chi connectivity index (χ2n) is 12.4. The third-order valence-corrected chi connectivity index (χ3v) is 10.1. The zero-order chi connectivity index (χ0) is 35.1. The minimum Gasteiger partial charge on any atom is -0.490 e. The van der Waals surface area contributed by atoms with E-state index in [-0.39, 0.29) is 41.6 Å². The second-order valence-corrected chi connectivity index (χ2v) is 14.2. The van der Waals surface area contributed by atoms with E-state index in [1.807, 2.05) is 18.2 Å². The highest BCUT2D eigenvalue weighted by molar-refractivity contribution is 7.91. The summed E-state index contributed by atoms with van der Waals surface area (Å²) in [6.45, 7) is 4.18. The highest BCUT2D eigenvalue weighted by Gasteiger charge is 2.33. The molecule has 6 rings (SSSR count). The Morgan fingerprint density at radius 2 is 1.59 bits per heavy atom. The first-order valence-corrected chi connectivity index (χ1v) is 18.2. The van der Waals surface area contributed by atoms with Gasteiger partial charge in [-0.25, -0.2) is 8.42 Å². The molecule has 2 fully saturated rings. The quantitative estimate of drug-likeness (QED) is 0.163. The van der Waals surface area contributed by atoms with E-state index in [2.05, 4.69) is 19.8 Å². The van der Waals surface area contributed by atoms with Crippen LogP contribution in [0.25, 0.3) is 0 Å². The molecule has 4 aromatic rings. The van der Waals surface area contributed by atoms with Crippen LogP contribution in [0.3, 0.4) is 0 Å². The molecule has 1 amide bonds. The lowest BCUT2D eigenvalue weighted by molar-refractivity contribution is -0.141. The average molecular weight is 746 g/mol. The number of aromatic nitrogens is 2. The van der Waals surface area contributed by atoms with Crippen LogP contribution in [0.4, 0.5) is 18.9 Å². The number of hydrogen-bond acceptors (Lipinski definition) is 8. The molecule has 2 saturated heterocycles. The maximum absolute atomic E-state index is 13.7. The van der Waals surface area contributed by atoms with Crippen LogP contribution in [-0.2, 0) is 22.0 Å². The summed E-state index contributed by atoms with van der Waals surface area (Å²) in [4.78, 5) is 17.7. The van der Waals surface area contributed by atoms with Gasteiger partial charge in [-0.1, -0.05) is 42.5 Å². The second kappa shape index (κ2) is 16.7. The van der Waals surface area contributed by atoms with Gasteiger partial charge in [0.25, 0.3) is 5.91 Å². The van der Waals surface area contributed by atoms with Crippen LogP contribution in [0.1, 0.15) is 58.8 Å². The standard InChI is InChI=1S/C36H38F3N5O5S.ClH/c37-36(38,39)33-14-15-34(41-40-33)49-30-11-8-27(9-12-30)28-16-20-44(21-17-28)35(45)29-10-13-32(48-23-22-43-18-4-5-19-43)31(24-29)42-50(46,47)25-26-6-2-1-3-7-26;/h1-3,6-15,24,28,42H,4-5,16-23,25H2;1H. The Morgan fingerprint density at radius 1 is 0.882 bits per heavy atom. The van der Waals surface area contributed by atoms with Gasteiger partial charge in [0.1, 0.15) is 18.1 Å². The van der Waals surface area contributed by atoms with Gasteiger partial charge in [0, 0.05) is 31.3 Å². The fourth-order valence-electron chi connectivity index (χ4n) is 6.21. The molecule has 0 atom stereocenters. The fourth-order valence-corrected chi connectivity index (χ4v) is 7.41. The van der Waals surface area contributed by atoms with Crippen LogP contribution < -0.4 is 14.2 Å². The van der Waals surface area contributed by atoms with Crippen molar-refractivity contribution in [2.24, 2.45) is 0 Å². The number of carbonyl (C=O) groups excluding carboxylic acids is 1.